The molecular weight excluding hydrogens is 335 g/mol. The highest BCUT2D eigenvalue weighted by Gasteiger charge is 2.30. The number of hydrogen-bond donors (Lipinski definition) is 1. The molecule has 0 saturated heterocycles. The van der Waals surface area contributed by atoms with E-state index in [1.54, 1.807) is 24.3 Å². The summed E-state index contributed by atoms with van der Waals surface area (Å²) in [5.41, 5.74) is 5.92. The number of hydrogen-bond acceptors (Lipinski definition) is 2. The summed E-state index contributed by atoms with van der Waals surface area (Å²) in [5, 5.41) is 0. The van der Waals surface area contributed by atoms with Gasteiger partial charge in [0.15, 0.2) is 0 Å². The van der Waals surface area contributed by atoms with Crippen molar-refractivity contribution in [2.24, 2.45) is 0 Å². The van der Waals surface area contributed by atoms with Gasteiger partial charge in [-0.25, -0.2) is 0 Å². The predicted molar refractivity (Wildman–Crippen MR) is 74.3 cm³/mol. The summed E-state index contributed by atoms with van der Waals surface area (Å²) in [7, 11) is 0. The van der Waals surface area contributed by atoms with E-state index in [9.17, 15) is 13.2 Å². The van der Waals surface area contributed by atoms with E-state index in [1.807, 2.05) is 0 Å². The van der Waals surface area contributed by atoms with Gasteiger partial charge in [0.05, 0.1) is 5.56 Å². The van der Waals surface area contributed by atoms with Crippen LogP contribution in [0.3, 0.4) is 0 Å². The van der Waals surface area contributed by atoms with Crippen LogP contribution in [0.25, 0.3) is 0 Å². The van der Waals surface area contributed by atoms with Gasteiger partial charge in [0.2, 0.25) is 0 Å². The van der Waals surface area contributed by atoms with Crippen molar-refractivity contribution in [1.29, 1.82) is 0 Å². The van der Waals surface area contributed by atoms with E-state index >= 15 is 0 Å². The predicted octanol–water partition coefficient (Wildman–Crippen LogP) is 4.63. The summed E-state index contributed by atoms with van der Waals surface area (Å²) in [4.78, 5) is 0. The van der Waals surface area contributed by atoms with E-state index in [4.69, 9.17) is 10.5 Å². The van der Waals surface area contributed by atoms with Gasteiger partial charge in [0, 0.05) is 16.2 Å². The highest BCUT2D eigenvalue weighted by Crippen LogP contribution is 2.30. The normalized spacial score (nSPS) is 11.4. The molecule has 0 saturated carbocycles. The molecule has 2 rings (SSSR count). The lowest BCUT2D eigenvalue weighted by molar-refractivity contribution is -0.137. The standard InChI is InChI=1S/C14H11BrF3NO/c15-11-5-12(19)7-13(6-11)20-8-9-2-1-3-10(4-9)14(16,17)18/h1-7H,8,19H2. The summed E-state index contributed by atoms with van der Waals surface area (Å²) in [6, 6.07) is 10.1. The van der Waals surface area contributed by atoms with Crippen molar-refractivity contribution < 1.29 is 17.9 Å². The van der Waals surface area contributed by atoms with Gasteiger partial charge < -0.3 is 10.5 Å². The summed E-state index contributed by atoms with van der Waals surface area (Å²) >= 11 is 3.27. The number of nitrogens with two attached hydrogens (primary N) is 1. The lowest BCUT2D eigenvalue weighted by atomic mass is 10.1. The van der Waals surface area contributed by atoms with Gasteiger partial charge in [0.1, 0.15) is 12.4 Å². The zero-order valence-electron chi connectivity index (χ0n) is 10.2. The number of ether oxygens (including phenoxy) is 1. The fourth-order valence-electron chi connectivity index (χ4n) is 1.67. The van der Waals surface area contributed by atoms with Gasteiger partial charge in [-0.05, 0) is 29.8 Å². The van der Waals surface area contributed by atoms with Crippen molar-refractivity contribution in [2.45, 2.75) is 12.8 Å². The van der Waals surface area contributed by atoms with Crippen LogP contribution in [0.5, 0.6) is 5.75 Å². The van der Waals surface area contributed by atoms with Crippen LogP contribution in [-0.4, -0.2) is 0 Å². The molecule has 0 unspecified atom stereocenters. The van der Waals surface area contributed by atoms with E-state index in [2.05, 4.69) is 15.9 Å². The molecule has 2 aromatic carbocycles. The summed E-state index contributed by atoms with van der Waals surface area (Å²) in [5.74, 6) is 0.495. The largest absolute Gasteiger partial charge is 0.489 e. The van der Waals surface area contributed by atoms with Crippen molar-refractivity contribution in [1.82, 2.24) is 0 Å². The molecule has 0 atom stereocenters. The van der Waals surface area contributed by atoms with Crippen LogP contribution in [0, 0.1) is 0 Å². The van der Waals surface area contributed by atoms with Crippen LogP contribution in [0.1, 0.15) is 11.1 Å². The van der Waals surface area contributed by atoms with Crippen LogP contribution in [-0.2, 0) is 12.8 Å². The fourth-order valence-corrected chi connectivity index (χ4v) is 2.16. The smallest absolute Gasteiger partial charge is 0.416 e. The van der Waals surface area contributed by atoms with Crippen molar-refractivity contribution >= 4 is 21.6 Å². The third-order valence-corrected chi connectivity index (χ3v) is 3.01. The van der Waals surface area contributed by atoms with Crippen molar-refractivity contribution in [3.8, 4) is 5.75 Å². The van der Waals surface area contributed by atoms with E-state index in [0.29, 0.717) is 17.0 Å². The number of rotatable bonds is 3. The maximum absolute atomic E-state index is 12.6. The van der Waals surface area contributed by atoms with Crippen LogP contribution in [0.4, 0.5) is 18.9 Å². The van der Waals surface area contributed by atoms with E-state index in [0.717, 1.165) is 16.6 Å². The first-order valence-corrected chi connectivity index (χ1v) is 6.49. The van der Waals surface area contributed by atoms with Gasteiger partial charge in [0.25, 0.3) is 0 Å². The Bertz CT molecular complexity index is 593. The fraction of sp³-hybridized carbons (Fsp3) is 0.143. The molecule has 0 fully saturated rings. The van der Waals surface area contributed by atoms with Crippen LogP contribution in [0.2, 0.25) is 0 Å². The maximum atomic E-state index is 12.6. The zero-order valence-corrected chi connectivity index (χ0v) is 11.8. The lowest BCUT2D eigenvalue weighted by Gasteiger charge is -2.10. The highest BCUT2D eigenvalue weighted by molar-refractivity contribution is 9.10. The summed E-state index contributed by atoms with van der Waals surface area (Å²) < 4.78 is 43.9. The van der Waals surface area contributed by atoms with E-state index in [1.165, 1.54) is 6.07 Å². The summed E-state index contributed by atoms with van der Waals surface area (Å²) in [6.45, 7) is 0.0415. The Hall–Kier alpha value is -1.69. The van der Waals surface area contributed by atoms with Gasteiger partial charge >= 0.3 is 6.18 Å². The molecule has 0 bridgehead atoms. The topological polar surface area (TPSA) is 35.2 Å². The monoisotopic (exact) mass is 345 g/mol. The molecule has 20 heavy (non-hydrogen) atoms. The molecule has 0 amide bonds. The second-order valence-corrected chi connectivity index (χ2v) is 5.12. The Labute approximate surface area is 122 Å². The second kappa shape index (κ2) is 5.75. The van der Waals surface area contributed by atoms with Crippen molar-refractivity contribution in [3.63, 3.8) is 0 Å². The Balaban J connectivity index is 2.11. The molecule has 0 aliphatic carbocycles. The Kier molecular flexibility index (Phi) is 4.23. The Morgan fingerprint density at radius 1 is 1.10 bits per heavy atom. The molecule has 0 heterocycles. The van der Waals surface area contributed by atoms with Crippen LogP contribution in [0.15, 0.2) is 46.9 Å². The SMILES string of the molecule is Nc1cc(Br)cc(OCc2cccc(C(F)(F)F)c2)c1. The zero-order chi connectivity index (χ0) is 14.8. The number of nitrogen functional groups attached to an aromatic ring is 1. The molecule has 2 aromatic rings. The average Bonchev–Trinajstić information content (AvgIpc) is 2.35. The minimum Gasteiger partial charge on any atom is -0.489 e. The number of benzene rings is 2. The first kappa shape index (κ1) is 14.7. The highest BCUT2D eigenvalue weighted by atomic mass is 79.9. The van der Waals surface area contributed by atoms with E-state index < -0.39 is 11.7 Å². The quantitative estimate of drug-likeness (QED) is 0.823. The van der Waals surface area contributed by atoms with Gasteiger partial charge in [-0.15, -0.1) is 0 Å². The van der Waals surface area contributed by atoms with Crippen molar-refractivity contribution in [3.05, 3.63) is 58.1 Å². The minimum absolute atomic E-state index is 0.0415. The lowest BCUT2D eigenvalue weighted by Crippen LogP contribution is -2.06. The van der Waals surface area contributed by atoms with Gasteiger partial charge in [-0.2, -0.15) is 13.2 Å². The average molecular weight is 346 g/mol. The number of alkyl halides is 3. The molecule has 0 aliphatic heterocycles. The molecule has 0 aliphatic rings. The molecule has 0 aromatic heterocycles. The van der Waals surface area contributed by atoms with Gasteiger partial charge in [-0.3, -0.25) is 0 Å². The van der Waals surface area contributed by atoms with E-state index in [-0.39, 0.29) is 6.61 Å². The minimum atomic E-state index is -4.35. The number of anilines is 1. The number of halogens is 4. The molecule has 2 N–H and O–H groups in total. The first-order chi connectivity index (χ1) is 9.34. The van der Waals surface area contributed by atoms with Crippen molar-refractivity contribution in [2.75, 3.05) is 5.73 Å². The summed E-state index contributed by atoms with van der Waals surface area (Å²) in [6.07, 6.45) is -4.35. The maximum Gasteiger partial charge on any atom is 0.416 e. The third kappa shape index (κ3) is 3.90. The first-order valence-electron chi connectivity index (χ1n) is 5.69. The molecule has 0 spiro atoms. The third-order valence-electron chi connectivity index (χ3n) is 2.55. The molecular formula is C14H11BrF3NO. The second-order valence-electron chi connectivity index (χ2n) is 4.21. The van der Waals surface area contributed by atoms with Crippen LogP contribution < -0.4 is 10.5 Å². The van der Waals surface area contributed by atoms with Crippen LogP contribution >= 0.6 is 15.9 Å². The molecule has 106 valence electrons. The molecule has 0 radical (unpaired) electrons. The van der Waals surface area contributed by atoms with Gasteiger partial charge in [-0.1, -0.05) is 28.1 Å². The molecule has 2 nitrogen and oxygen atoms in total. The Morgan fingerprint density at radius 2 is 1.85 bits per heavy atom. The molecule has 6 heteroatoms. The Morgan fingerprint density at radius 3 is 2.50 bits per heavy atom.